The predicted octanol–water partition coefficient (Wildman–Crippen LogP) is 1.17. The van der Waals surface area contributed by atoms with Crippen LogP contribution in [0.15, 0.2) is 0 Å². The quantitative estimate of drug-likeness (QED) is 0.464. The van der Waals surface area contributed by atoms with Crippen molar-refractivity contribution < 1.29 is 9.50 Å². The van der Waals surface area contributed by atoms with Crippen molar-refractivity contribution in [2.45, 2.75) is 12.8 Å². The van der Waals surface area contributed by atoms with Crippen LogP contribution in [-0.4, -0.2) is 13.3 Å². The Kier molecular flexibility index (Phi) is 4.80. The monoisotopic (exact) mass is 91.1 g/mol. The maximum Gasteiger partial charge on any atom is 0.0895 e. The molecule has 1 nitrogen and oxygen atoms in total. The molecule has 0 saturated carbocycles. The summed E-state index contributed by atoms with van der Waals surface area (Å²) < 4.78 is 11.0. The molecule has 0 fully saturated rings. The van der Waals surface area contributed by atoms with Gasteiger partial charge in [-0.15, -0.1) is 0 Å². The van der Waals surface area contributed by atoms with Crippen LogP contribution in [0, 0.1) is 0 Å². The van der Waals surface area contributed by atoms with E-state index in [4.69, 9.17) is 0 Å². The van der Waals surface area contributed by atoms with Crippen molar-refractivity contribution in [1.82, 2.24) is 0 Å². The summed E-state index contributed by atoms with van der Waals surface area (Å²) in [5, 5.41) is 9.52. The number of halogens is 1. The summed E-state index contributed by atoms with van der Waals surface area (Å²) in [5.74, 6) is 0. The molecule has 0 spiro atoms. The highest BCUT2D eigenvalue weighted by molar-refractivity contribution is 4.30. The van der Waals surface area contributed by atoms with E-state index in [1.807, 2.05) is 0 Å². The summed E-state index contributed by atoms with van der Waals surface area (Å²) in [6.07, 6.45) is 0.917. The van der Waals surface area contributed by atoms with Crippen LogP contribution in [-0.2, 0) is 5.11 Å². The molecule has 0 aliphatic heterocycles. The zero-order valence-electron chi connectivity index (χ0n) is 3.61. The molecule has 0 bridgehead atoms. The summed E-state index contributed by atoms with van der Waals surface area (Å²) >= 11 is 0. The van der Waals surface area contributed by atoms with E-state index >= 15 is 0 Å². The molecule has 0 amide bonds. The maximum atomic E-state index is 11.0. The van der Waals surface area contributed by atoms with Crippen molar-refractivity contribution in [3.63, 3.8) is 0 Å². The van der Waals surface area contributed by atoms with E-state index in [-0.39, 0.29) is 13.3 Å². The van der Waals surface area contributed by atoms with Crippen LogP contribution < -0.4 is 0 Å². The number of rotatable bonds is 3. The average Bonchev–Trinajstić information content (AvgIpc) is 1.61. The normalized spacial score (nSPS) is 9.00. The number of hydrogen-bond acceptors (Lipinski definition) is 0. The Morgan fingerprint density at radius 3 is 2.17 bits per heavy atom. The molecule has 0 aromatic heterocycles. The molecule has 0 aromatic rings. The molecule has 0 N–H and O–H groups in total. The lowest BCUT2D eigenvalue weighted by molar-refractivity contribution is 0.183. The van der Waals surface area contributed by atoms with E-state index < -0.39 is 0 Å². The van der Waals surface area contributed by atoms with Gasteiger partial charge < -0.3 is 0 Å². The van der Waals surface area contributed by atoms with Crippen LogP contribution in [0.1, 0.15) is 12.8 Å². The molecule has 0 aliphatic carbocycles. The summed E-state index contributed by atoms with van der Waals surface area (Å²) in [6, 6.07) is 0. The van der Waals surface area contributed by atoms with Crippen molar-refractivity contribution in [3.8, 4) is 0 Å². The van der Waals surface area contributed by atoms with Gasteiger partial charge in [-0.2, -0.15) is 0 Å². The molecule has 6 heavy (non-hydrogen) atoms. The molecule has 0 aliphatic rings. The number of hydrogen-bond donors (Lipinski definition) is 0. The third-order valence-electron chi connectivity index (χ3n) is 0.528. The summed E-state index contributed by atoms with van der Waals surface area (Å²) in [6.45, 7) is -0.480. The molecule has 0 heterocycles. The van der Waals surface area contributed by atoms with Crippen LogP contribution in [0.2, 0.25) is 0 Å². The third-order valence-corrected chi connectivity index (χ3v) is 0.528. The number of unbranched alkanes of at least 4 members (excludes halogenated alkanes) is 1. The smallest absolute Gasteiger partial charge is 0.0895 e. The molecule has 37 valence electrons. The van der Waals surface area contributed by atoms with E-state index in [1.54, 1.807) is 0 Å². The third kappa shape index (κ3) is 3.89. The second-order valence-electron chi connectivity index (χ2n) is 1.10. The van der Waals surface area contributed by atoms with Crippen LogP contribution in [0.5, 0.6) is 0 Å². The van der Waals surface area contributed by atoms with Gasteiger partial charge >= 0.3 is 0 Å². The minimum atomic E-state index is -0.345. The molecule has 0 aromatic carbocycles. The van der Waals surface area contributed by atoms with E-state index in [9.17, 15) is 9.50 Å². The fraction of sp³-hybridized carbons (Fsp3) is 1.00. The first-order valence-corrected chi connectivity index (χ1v) is 2.06. The fourth-order valence-electron chi connectivity index (χ4n) is 0.197. The summed E-state index contributed by atoms with van der Waals surface area (Å²) in [7, 11) is 0. The minimum Gasteiger partial charge on any atom is -0.251 e. The van der Waals surface area contributed by atoms with Gasteiger partial charge in [-0.3, -0.25) is 4.39 Å². The second-order valence-corrected chi connectivity index (χ2v) is 1.10. The van der Waals surface area contributed by atoms with Gasteiger partial charge in [-0.05, 0) is 12.8 Å². The highest BCUT2D eigenvalue weighted by Gasteiger charge is 1.80. The zero-order valence-corrected chi connectivity index (χ0v) is 3.61. The van der Waals surface area contributed by atoms with Gasteiger partial charge in [-0.25, -0.2) is 5.11 Å². The molecular weight excluding hydrogens is 83.0 g/mol. The summed E-state index contributed by atoms with van der Waals surface area (Å²) in [4.78, 5) is 0. The number of alkyl halides is 1. The molecule has 0 saturated heterocycles. The molecule has 0 unspecified atom stereocenters. The van der Waals surface area contributed by atoms with Crippen molar-refractivity contribution in [2.24, 2.45) is 0 Å². The first-order valence-electron chi connectivity index (χ1n) is 2.06. The molecule has 0 atom stereocenters. The van der Waals surface area contributed by atoms with Gasteiger partial charge in [0.15, 0.2) is 0 Å². The largest absolute Gasteiger partial charge is 0.251 e. The van der Waals surface area contributed by atoms with Gasteiger partial charge in [0, 0.05) is 0 Å². The standard InChI is InChI=1S/C4H8FO/c5-3-1-2-4-6/h1-4H2. The van der Waals surface area contributed by atoms with Crippen molar-refractivity contribution in [1.29, 1.82) is 0 Å². The predicted molar refractivity (Wildman–Crippen MR) is 20.8 cm³/mol. The van der Waals surface area contributed by atoms with Crippen molar-refractivity contribution >= 4 is 0 Å². The topological polar surface area (TPSA) is 19.9 Å². The molecule has 1 radical (unpaired) electrons. The van der Waals surface area contributed by atoms with Gasteiger partial charge in [0.05, 0.1) is 13.3 Å². The van der Waals surface area contributed by atoms with E-state index in [1.165, 1.54) is 0 Å². The van der Waals surface area contributed by atoms with E-state index in [2.05, 4.69) is 0 Å². The van der Waals surface area contributed by atoms with Crippen molar-refractivity contribution in [2.75, 3.05) is 13.3 Å². The van der Waals surface area contributed by atoms with Gasteiger partial charge in [0.2, 0.25) is 0 Å². The maximum absolute atomic E-state index is 11.0. The van der Waals surface area contributed by atoms with Crippen molar-refractivity contribution in [3.05, 3.63) is 0 Å². The highest BCUT2D eigenvalue weighted by atomic mass is 19.1. The molecule has 0 rings (SSSR count). The van der Waals surface area contributed by atoms with Crippen LogP contribution in [0.25, 0.3) is 0 Å². The Hall–Kier alpha value is -0.110. The zero-order chi connectivity index (χ0) is 4.83. The van der Waals surface area contributed by atoms with Gasteiger partial charge in [0.25, 0.3) is 0 Å². The molecular formula is C4H8FO. The minimum absolute atomic E-state index is 0.135. The average molecular weight is 91.1 g/mol. The highest BCUT2D eigenvalue weighted by Crippen LogP contribution is 1.85. The Morgan fingerprint density at radius 1 is 1.33 bits per heavy atom. The molecule has 2 heteroatoms. The lowest BCUT2D eigenvalue weighted by Crippen LogP contribution is -1.80. The lowest BCUT2D eigenvalue weighted by atomic mass is 10.4. The van der Waals surface area contributed by atoms with Crippen LogP contribution in [0.3, 0.4) is 0 Å². The lowest BCUT2D eigenvalue weighted by Gasteiger charge is -1.81. The first kappa shape index (κ1) is 5.89. The van der Waals surface area contributed by atoms with E-state index in [0.717, 1.165) is 0 Å². The Labute approximate surface area is 36.8 Å². The van der Waals surface area contributed by atoms with E-state index in [0.29, 0.717) is 12.8 Å². The van der Waals surface area contributed by atoms with Crippen LogP contribution >= 0.6 is 0 Å². The van der Waals surface area contributed by atoms with Gasteiger partial charge in [-0.1, -0.05) is 0 Å². The SMILES string of the molecule is [O]CCCCF. The first-order chi connectivity index (χ1) is 2.91. The van der Waals surface area contributed by atoms with Crippen LogP contribution in [0.4, 0.5) is 4.39 Å². The second kappa shape index (κ2) is 4.89. The van der Waals surface area contributed by atoms with Gasteiger partial charge in [0.1, 0.15) is 0 Å². The Bertz CT molecular complexity index is 19.5. The Morgan fingerprint density at radius 2 is 2.00 bits per heavy atom. The summed E-state index contributed by atoms with van der Waals surface area (Å²) in [5.41, 5.74) is 0. The fourth-order valence-corrected chi connectivity index (χ4v) is 0.197. The Balaban J connectivity index is 2.34.